The highest BCUT2D eigenvalue weighted by Gasteiger charge is 2.37. The van der Waals surface area contributed by atoms with Gasteiger partial charge in [-0.25, -0.2) is 4.98 Å². The molecule has 6 heteroatoms. The molecule has 0 aliphatic heterocycles. The van der Waals surface area contributed by atoms with Crippen LogP contribution in [0.2, 0.25) is 0 Å². The molecule has 0 aromatic carbocycles. The van der Waals surface area contributed by atoms with E-state index >= 15 is 0 Å². The van der Waals surface area contributed by atoms with Gasteiger partial charge in [-0.2, -0.15) is 13.2 Å². The first-order chi connectivity index (χ1) is 7.70. The van der Waals surface area contributed by atoms with Crippen molar-refractivity contribution in [2.75, 3.05) is 18.6 Å². The fraction of sp³-hybridized carbons (Fsp3) is 0.545. The molecule has 1 aromatic heterocycles. The van der Waals surface area contributed by atoms with Crippen LogP contribution in [-0.2, 0) is 6.18 Å². The summed E-state index contributed by atoms with van der Waals surface area (Å²) in [4.78, 5) is 5.08. The maximum absolute atomic E-state index is 12.8. The zero-order valence-electron chi connectivity index (χ0n) is 9.91. The third-order valence-electron chi connectivity index (χ3n) is 2.70. The number of nitrogens with zero attached hydrogens (tertiary/aromatic N) is 2. The molecule has 1 N–H and O–H groups in total. The summed E-state index contributed by atoms with van der Waals surface area (Å²) < 4.78 is 38.3. The molecule has 0 atom stereocenters. The largest absolute Gasteiger partial charge is 0.419 e. The van der Waals surface area contributed by atoms with Crippen molar-refractivity contribution in [1.29, 1.82) is 0 Å². The Kier molecular flexibility index (Phi) is 3.66. The van der Waals surface area contributed by atoms with E-state index in [-0.39, 0.29) is 12.4 Å². The number of aliphatic hydroxyl groups excluding tert-OH is 1. The van der Waals surface area contributed by atoms with Crippen LogP contribution in [0.15, 0.2) is 18.3 Å². The van der Waals surface area contributed by atoms with Crippen LogP contribution in [0, 0.1) is 0 Å². The summed E-state index contributed by atoms with van der Waals surface area (Å²) >= 11 is 0. The van der Waals surface area contributed by atoms with Gasteiger partial charge >= 0.3 is 6.18 Å². The second-order valence-corrected chi connectivity index (χ2v) is 4.40. The SMILES string of the molecule is CN(c1ncccc1C(F)(F)F)C(C)(C)CO. The molecule has 0 radical (unpaired) electrons. The minimum Gasteiger partial charge on any atom is -0.394 e. The highest BCUT2D eigenvalue weighted by Crippen LogP contribution is 2.36. The second-order valence-electron chi connectivity index (χ2n) is 4.40. The van der Waals surface area contributed by atoms with E-state index in [1.54, 1.807) is 13.8 Å². The molecule has 0 unspecified atom stereocenters. The van der Waals surface area contributed by atoms with E-state index in [0.717, 1.165) is 6.07 Å². The van der Waals surface area contributed by atoms with Crippen LogP contribution in [0.1, 0.15) is 19.4 Å². The summed E-state index contributed by atoms with van der Waals surface area (Å²) in [5.74, 6) is -0.181. The Labute approximate surface area is 97.9 Å². The van der Waals surface area contributed by atoms with Gasteiger partial charge in [0, 0.05) is 13.2 Å². The van der Waals surface area contributed by atoms with Gasteiger partial charge in [0.1, 0.15) is 5.82 Å². The first kappa shape index (κ1) is 13.8. The lowest BCUT2D eigenvalue weighted by atomic mass is 10.0. The van der Waals surface area contributed by atoms with Gasteiger partial charge in [0.25, 0.3) is 0 Å². The molecule has 1 heterocycles. The van der Waals surface area contributed by atoms with Crippen LogP contribution in [-0.4, -0.2) is 29.3 Å². The summed E-state index contributed by atoms with van der Waals surface area (Å²) in [5.41, 5.74) is -1.61. The lowest BCUT2D eigenvalue weighted by molar-refractivity contribution is -0.137. The number of pyridine rings is 1. The Balaban J connectivity index is 3.23. The Bertz CT molecular complexity index is 391. The maximum Gasteiger partial charge on any atom is 0.419 e. The zero-order valence-corrected chi connectivity index (χ0v) is 9.91. The van der Waals surface area contributed by atoms with Gasteiger partial charge in [0.05, 0.1) is 17.7 Å². The molecule has 0 fully saturated rings. The van der Waals surface area contributed by atoms with Crippen molar-refractivity contribution in [1.82, 2.24) is 4.98 Å². The molecule has 0 spiro atoms. The lowest BCUT2D eigenvalue weighted by Gasteiger charge is -2.36. The number of rotatable bonds is 3. The molecule has 17 heavy (non-hydrogen) atoms. The van der Waals surface area contributed by atoms with E-state index in [2.05, 4.69) is 4.98 Å². The summed E-state index contributed by atoms with van der Waals surface area (Å²) in [6, 6.07) is 2.22. The third-order valence-corrected chi connectivity index (χ3v) is 2.70. The lowest BCUT2D eigenvalue weighted by Crippen LogP contribution is -2.45. The van der Waals surface area contributed by atoms with Gasteiger partial charge in [-0.05, 0) is 26.0 Å². The van der Waals surface area contributed by atoms with E-state index in [1.807, 2.05) is 0 Å². The predicted molar refractivity (Wildman–Crippen MR) is 58.8 cm³/mol. The number of anilines is 1. The van der Waals surface area contributed by atoms with Crippen LogP contribution < -0.4 is 4.90 Å². The molecule has 0 amide bonds. The van der Waals surface area contributed by atoms with Crippen molar-refractivity contribution in [2.45, 2.75) is 25.6 Å². The fourth-order valence-electron chi connectivity index (χ4n) is 1.28. The van der Waals surface area contributed by atoms with Gasteiger partial charge in [0.2, 0.25) is 0 Å². The van der Waals surface area contributed by atoms with E-state index in [9.17, 15) is 13.2 Å². The average molecular weight is 248 g/mol. The van der Waals surface area contributed by atoms with Gasteiger partial charge in [-0.15, -0.1) is 0 Å². The van der Waals surface area contributed by atoms with Crippen molar-refractivity contribution < 1.29 is 18.3 Å². The average Bonchev–Trinajstić information content (AvgIpc) is 2.27. The Morgan fingerprint density at radius 1 is 1.35 bits per heavy atom. The number of alkyl halides is 3. The summed E-state index contributed by atoms with van der Waals surface area (Å²) in [6.45, 7) is 3.01. The van der Waals surface area contributed by atoms with Crippen molar-refractivity contribution in [3.05, 3.63) is 23.9 Å². The normalized spacial score (nSPS) is 12.6. The Morgan fingerprint density at radius 3 is 2.41 bits per heavy atom. The number of likely N-dealkylation sites (N-methyl/N-ethyl adjacent to an activating group) is 1. The molecular formula is C11H15F3N2O. The van der Waals surface area contributed by atoms with Crippen LogP contribution in [0.25, 0.3) is 0 Å². The fourth-order valence-corrected chi connectivity index (χ4v) is 1.28. The van der Waals surface area contributed by atoms with Crippen LogP contribution in [0.5, 0.6) is 0 Å². The number of hydrogen-bond donors (Lipinski definition) is 1. The van der Waals surface area contributed by atoms with Crippen molar-refractivity contribution in [2.24, 2.45) is 0 Å². The minimum atomic E-state index is -4.45. The molecule has 0 aliphatic carbocycles. The van der Waals surface area contributed by atoms with E-state index < -0.39 is 17.3 Å². The first-order valence-corrected chi connectivity index (χ1v) is 5.07. The number of hydrogen-bond acceptors (Lipinski definition) is 3. The van der Waals surface area contributed by atoms with Crippen molar-refractivity contribution in [3.8, 4) is 0 Å². The van der Waals surface area contributed by atoms with Gasteiger partial charge in [-0.1, -0.05) is 0 Å². The zero-order chi connectivity index (χ0) is 13.3. The first-order valence-electron chi connectivity index (χ1n) is 5.07. The van der Waals surface area contributed by atoms with Crippen LogP contribution >= 0.6 is 0 Å². The van der Waals surface area contributed by atoms with E-state index in [0.29, 0.717) is 0 Å². The van der Waals surface area contributed by atoms with E-state index in [1.165, 1.54) is 24.2 Å². The summed E-state index contributed by atoms with van der Waals surface area (Å²) in [7, 11) is 1.48. The van der Waals surface area contributed by atoms with Gasteiger partial charge in [-0.3, -0.25) is 0 Å². The maximum atomic E-state index is 12.8. The smallest absolute Gasteiger partial charge is 0.394 e. The van der Waals surface area contributed by atoms with Crippen molar-refractivity contribution >= 4 is 5.82 Å². The number of halogens is 3. The topological polar surface area (TPSA) is 36.4 Å². The number of aliphatic hydroxyl groups is 1. The monoisotopic (exact) mass is 248 g/mol. The summed E-state index contributed by atoms with van der Waals surface area (Å²) in [6.07, 6.45) is -3.15. The van der Waals surface area contributed by atoms with Crippen LogP contribution in [0.4, 0.5) is 19.0 Å². The summed E-state index contributed by atoms with van der Waals surface area (Å²) in [5, 5.41) is 9.17. The minimum absolute atomic E-state index is 0.181. The molecule has 1 rings (SSSR count). The highest BCUT2D eigenvalue weighted by molar-refractivity contribution is 5.49. The molecule has 0 saturated heterocycles. The Morgan fingerprint density at radius 2 is 1.94 bits per heavy atom. The van der Waals surface area contributed by atoms with Crippen LogP contribution in [0.3, 0.4) is 0 Å². The molecule has 1 aromatic rings. The Hall–Kier alpha value is -1.30. The number of aromatic nitrogens is 1. The molecule has 3 nitrogen and oxygen atoms in total. The van der Waals surface area contributed by atoms with Crippen molar-refractivity contribution in [3.63, 3.8) is 0 Å². The van der Waals surface area contributed by atoms with E-state index in [4.69, 9.17) is 5.11 Å². The van der Waals surface area contributed by atoms with Gasteiger partial charge < -0.3 is 10.0 Å². The molecule has 0 aliphatic rings. The predicted octanol–water partition coefficient (Wildman–Crippen LogP) is 2.31. The van der Waals surface area contributed by atoms with Gasteiger partial charge in [0.15, 0.2) is 0 Å². The molecule has 0 saturated carbocycles. The molecular weight excluding hydrogens is 233 g/mol. The standard InChI is InChI=1S/C11H15F3N2O/c1-10(2,7-17)16(3)9-8(11(12,13)14)5-4-6-15-9/h4-6,17H,7H2,1-3H3. The second kappa shape index (κ2) is 4.52. The molecule has 0 bridgehead atoms. The molecule has 96 valence electrons. The quantitative estimate of drug-likeness (QED) is 0.891. The third kappa shape index (κ3) is 2.88. The highest BCUT2D eigenvalue weighted by atomic mass is 19.4.